The van der Waals surface area contributed by atoms with Gasteiger partial charge in [-0.3, -0.25) is 4.79 Å². The molecule has 3 unspecified atom stereocenters. The largest absolute Gasteiger partial charge is 0.348 e. The lowest BCUT2D eigenvalue weighted by atomic mass is 10.0. The van der Waals surface area contributed by atoms with E-state index in [1.807, 2.05) is 30.3 Å². The molecule has 3 heteroatoms. The van der Waals surface area contributed by atoms with Crippen molar-refractivity contribution in [2.24, 2.45) is 17.8 Å². The molecule has 0 heterocycles. The maximum absolute atomic E-state index is 12.3. The van der Waals surface area contributed by atoms with Crippen molar-refractivity contribution in [1.29, 1.82) is 0 Å². The summed E-state index contributed by atoms with van der Waals surface area (Å²) < 4.78 is 0. The zero-order valence-electron chi connectivity index (χ0n) is 11.0. The van der Waals surface area contributed by atoms with Crippen LogP contribution in [0.3, 0.4) is 0 Å². The van der Waals surface area contributed by atoms with E-state index in [1.54, 1.807) is 0 Å². The molecular formula is C16H20ClNO. The summed E-state index contributed by atoms with van der Waals surface area (Å²) in [4.78, 5) is 12.3. The minimum Gasteiger partial charge on any atom is -0.348 e. The van der Waals surface area contributed by atoms with Crippen molar-refractivity contribution < 1.29 is 4.79 Å². The Morgan fingerprint density at radius 1 is 1.21 bits per heavy atom. The van der Waals surface area contributed by atoms with Crippen LogP contribution >= 0.6 is 11.6 Å². The molecule has 2 aliphatic rings. The highest BCUT2D eigenvalue weighted by Crippen LogP contribution is 2.55. The smallest absolute Gasteiger partial charge is 0.224 e. The average Bonchev–Trinajstić information content (AvgIpc) is 3.20. The van der Waals surface area contributed by atoms with Crippen molar-refractivity contribution in [3.8, 4) is 0 Å². The van der Waals surface area contributed by atoms with Gasteiger partial charge in [0.2, 0.25) is 5.91 Å². The molecule has 0 spiro atoms. The molecule has 0 bridgehead atoms. The van der Waals surface area contributed by atoms with Crippen molar-refractivity contribution in [3.05, 3.63) is 35.9 Å². The highest BCUT2D eigenvalue weighted by molar-refractivity contribution is 6.18. The molecule has 1 aromatic carbocycles. The van der Waals surface area contributed by atoms with Crippen LogP contribution in [-0.2, 0) is 4.79 Å². The molecule has 1 aromatic rings. The molecule has 1 amide bonds. The topological polar surface area (TPSA) is 29.1 Å². The number of benzene rings is 1. The van der Waals surface area contributed by atoms with Crippen LogP contribution in [0.1, 0.15) is 37.3 Å². The molecule has 3 rings (SSSR count). The molecule has 102 valence electrons. The molecular weight excluding hydrogens is 258 g/mol. The van der Waals surface area contributed by atoms with Crippen molar-refractivity contribution in [2.45, 2.75) is 31.7 Å². The Kier molecular flexibility index (Phi) is 3.79. The fourth-order valence-electron chi connectivity index (χ4n) is 3.55. The maximum atomic E-state index is 12.3. The van der Waals surface area contributed by atoms with Crippen LogP contribution in [0.4, 0.5) is 0 Å². The fourth-order valence-corrected chi connectivity index (χ4v) is 3.80. The Morgan fingerprint density at radius 3 is 2.42 bits per heavy atom. The van der Waals surface area contributed by atoms with E-state index >= 15 is 0 Å². The van der Waals surface area contributed by atoms with Gasteiger partial charge in [0.1, 0.15) is 0 Å². The zero-order chi connectivity index (χ0) is 13.2. The van der Waals surface area contributed by atoms with Crippen LogP contribution in [0.15, 0.2) is 30.3 Å². The van der Waals surface area contributed by atoms with E-state index in [2.05, 4.69) is 5.32 Å². The monoisotopic (exact) mass is 277 g/mol. The molecule has 1 N–H and O–H groups in total. The van der Waals surface area contributed by atoms with Gasteiger partial charge in [-0.05, 0) is 30.2 Å². The number of hydrogen-bond donors (Lipinski definition) is 1. The van der Waals surface area contributed by atoms with E-state index in [9.17, 15) is 4.79 Å². The van der Waals surface area contributed by atoms with E-state index < -0.39 is 0 Å². The lowest BCUT2D eigenvalue weighted by Gasteiger charge is -2.16. The molecule has 0 aromatic heterocycles. The van der Waals surface area contributed by atoms with E-state index in [-0.39, 0.29) is 17.9 Å². The number of fused-ring (bicyclic) bond motifs is 1. The lowest BCUT2D eigenvalue weighted by molar-refractivity contribution is -0.123. The summed E-state index contributed by atoms with van der Waals surface area (Å²) in [6.45, 7) is 0. The quantitative estimate of drug-likeness (QED) is 0.839. The Morgan fingerprint density at radius 2 is 1.84 bits per heavy atom. The third-order valence-electron chi connectivity index (χ3n) is 4.63. The van der Waals surface area contributed by atoms with E-state index in [4.69, 9.17) is 11.6 Å². The van der Waals surface area contributed by atoms with Gasteiger partial charge in [-0.15, -0.1) is 11.6 Å². The number of carbonyl (C=O) groups excluding carboxylic acids is 1. The first-order valence-electron chi connectivity index (χ1n) is 7.22. The summed E-state index contributed by atoms with van der Waals surface area (Å²) in [7, 11) is 0. The Balaban J connectivity index is 1.62. The SMILES string of the molecule is O=C(NC(CCl)c1ccccc1)C1C2CCCCC21. The van der Waals surface area contributed by atoms with Gasteiger partial charge in [-0.25, -0.2) is 0 Å². The average molecular weight is 278 g/mol. The second kappa shape index (κ2) is 5.54. The summed E-state index contributed by atoms with van der Waals surface area (Å²) in [6, 6.07) is 9.93. The highest BCUT2D eigenvalue weighted by atomic mass is 35.5. The van der Waals surface area contributed by atoms with Gasteiger partial charge in [0.15, 0.2) is 0 Å². The molecule has 2 fully saturated rings. The van der Waals surface area contributed by atoms with E-state index in [0.717, 1.165) is 5.56 Å². The zero-order valence-corrected chi connectivity index (χ0v) is 11.8. The van der Waals surface area contributed by atoms with E-state index in [1.165, 1.54) is 25.7 Å². The predicted molar refractivity (Wildman–Crippen MR) is 77.0 cm³/mol. The van der Waals surface area contributed by atoms with Crippen LogP contribution in [0, 0.1) is 17.8 Å². The van der Waals surface area contributed by atoms with Crippen LogP contribution < -0.4 is 5.32 Å². The van der Waals surface area contributed by atoms with Crippen LogP contribution in [0.25, 0.3) is 0 Å². The second-order valence-corrected chi connectivity index (χ2v) is 6.07. The molecule has 0 aliphatic heterocycles. The van der Waals surface area contributed by atoms with Crippen LogP contribution in [0.5, 0.6) is 0 Å². The van der Waals surface area contributed by atoms with Gasteiger partial charge in [-0.1, -0.05) is 43.2 Å². The number of nitrogens with one attached hydrogen (secondary N) is 1. The van der Waals surface area contributed by atoms with Crippen molar-refractivity contribution in [2.75, 3.05) is 5.88 Å². The molecule has 0 saturated heterocycles. The standard InChI is InChI=1S/C16H20ClNO/c17-10-14(11-6-2-1-3-7-11)18-16(19)15-12-8-4-5-9-13(12)15/h1-3,6-7,12-15H,4-5,8-10H2,(H,18,19). The van der Waals surface area contributed by atoms with E-state index in [0.29, 0.717) is 17.7 Å². The first-order valence-corrected chi connectivity index (χ1v) is 7.76. The highest BCUT2D eigenvalue weighted by Gasteiger charge is 2.54. The van der Waals surface area contributed by atoms with Gasteiger partial charge in [0.05, 0.1) is 6.04 Å². The summed E-state index contributed by atoms with van der Waals surface area (Å²) >= 11 is 6.01. The molecule has 0 radical (unpaired) electrons. The number of rotatable bonds is 4. The Labute approximate surface area is 119 Å². The third kappa shape index (κ3) is 2.64. The summed E-state index contributed by atoms with van der Waals surface area (Å²) in [5.74, 6) is 2.21. The number of amides is 1. The number of hydrogen-bond acceptors (Lipinski definition) is 1. The van der Waals surface area contributed by atoms with Gasteiger partial charge in [-0.2, -0.15) is 0 Å². The molecule has 2 saturated carbocycles. The maximum Gasteiger partial charge on any atom is 0.224 e. The molecule has 19 heavy (non-hydrogen) atoms. The van der Waals surface area contributed by atoms with Gasteiger partial charge in [0, 0.05) is 11.8 Å². The number of alkyl halides is 1. The summed E-state index contributed by atoms with van der Waals surface area (Å²) in [6.07, 6.45) is 5.06. The molecule has 2 aliphatic carbocycles. The van der Waals surface area contributed by atoms with Gasteiger partial charge in [0.25, 0.3) is 0 Å². The van der Waals surface area contributed by atoms with Gasteiger partial charge < -0.3 is 5.32 Å². The fraction of sp³-hybridized carbons (Fsp3) is 0.562. The third-order valence-corrected chi connectivity index (χ3v) is 4.94. The molecule has 3 atom stereocenters. The first kappa shape index (κ1) is 13.0. The Hall–Kier alpha value is -1.02. The Bertz CT molecular complexity index is 435. The van der Waals surface area contributed by atoms with Crippen molar-refractivity contribution in [3.63, 3.8) is 0 Å². The van der Waals surface area contributed by atoms with Crippen LogP contribution in [0.2, 0.25) is 0 Å². The number of carbonyl (C=O) groups is 1. The summed E-state index contributed by atoms with van der Waals surface area (Å²) in [5, 5.41) is 3.13. The van der Waals surface area contributed by atoms with Crippen molar-refractivity contribution >= 4 is 17.5 Å². The lowest BCUT2D eigenvalue weighted by Crippen LogP contribution is -2.31. The van der Waals surface area contributed by atoms with Crippen LogP contribution in [-0.4, -0.2) is 11.8 Å². The molecule has 2 nitrogen and oxygen atoms in total. The normalized spacial score (nSPS) is 30.3. The summed E-state index contributed by atoms with van der Waals surface area (Å²) in [5.41, 5.74) is 1.09. The van der Waals surface area contributed by atoms with Gasteiger partial charge >= 0.3 is 0 Å². The predicted octanol–water partition coefficient (Wildman–Crippen LogP) is 3.52. The second-order valence-electron chi connectivity index (χ2n) is 5.76. The minimum absolute atomic E-state index is 0.0574. The first-order chi connectivity index (χ1) is 9.31. The number of halogens is 1. The van der Waals surface area contributed by atoms with Crippen molar-refractivity contribution in [1.82, 2.24) is 5.32 Å². The minimum atomic E-state index is -0.0574.